The van der Waals surface area contributed by atoms with Crippen LogP contribution in [0.15, 0.2) is 18.3 Å². The first-order chi connectivity index (χ1) is 6.77. The lowest BCUT2D eigenvalue weighted by Crippen LogP contribution is -2.29. The van der Waals surface area contributed by atoms with E-state index in [-0.39, 0.29) is 0 Å². The third-order valence-electron chi connectivity index (χ3n) is 2.96. The monoisotopic (exact) mass is 208 g/mol. The normalized spacial score (nSPS) is 23.6. The summed E-state index contributed by atoms with van der Waals surface area (Å²) in [6.07, 6.45) is 5.98. The Bertz CT molecular complexity index is 338. The van der Waals surface area contributed by atoms with Gasteiger partial charge in [0.2, 0.25) is 0 Å². The molecule has 14 heavy (non-hydrogen) atoms. The van der Waals surface area contributed by atoms with Gasteiger partial charge in [-0.1, -0.05) is 24.7 Å². The maximum Gasteiger partial charge on any atom is 0.103 e. The summed E-state index contributed by atoms with van der Waals surface area (Å²) in [5.41, 5.74) is 1.36. The van der Waals surface area contributed by atoms with Crippen LogP contribution in [0.2, 0.25) is 0 Å². The van der Waals surface area contributed by atoms with Crippen molar-refractivity contribution in [1.82, 2.24) is 9.88 Å². The summed E-state index contributed by atoms with van der Waals surface area (Å²) in [4.78, 5) is 5.53. The van der Waals surface area contributed by atoms with Crippen molar-refractivity contribution in [2.24, 2.45) is 0 Å². The van der Waals surface area contributed by atoms with Gasteiger partial charge in [-0.2, -0.15) is 0 Å². The SMILES string of the molecule is CN1CCCC[C@@H]1c1ccc(=S)[nH]c1. The number of hydrogen-bond donors (Lipinski definition) is 1. The maximum atomic E-state index is 5.03. The Morgan fingerprint density at radius 1 is 1.43 bits per heavy atom. The van der Waals surface area contributed by atoms with Gasteiger partial charge in [0.25, 0.3) is 0 Å². The van der Waals surface area contributed by atoms with E-state index < -0.39 is 0 Å². The molecule has 0 bridgehead atoms. The van der Waals surface area contributed by atoms with Gasteiger partial charge in [-0.3, -0.25) is 4.90 Å². The van der Waals surface area contributed by atoms with Gasteiger partial charge in [-0.05, 0) is 38.1 Å². The summed E-state index contributed by atoms with van der Waals surface area (Å²) in [6.45, 7) is 1.21. The molecule has 1 aliphatic rings. The van der Waals surface area contributed by atoms with Crippen LogP contribution in [0.3, 0.4) is 0 Å². The molecule has 1 atom stereocenters. The Labute approximate surface area is 90.0 Å². The van der Waals surface area contributed by atoms with Crippen LogP contribution in [0.5, 0.6) is 0 Å². The number of aromatic amines is 1. The van der Waals surface area contributed by atoms with Crippen molar-refractivity contribution in [1.29, 1.82) is 0 Å². The summed E-state index contributed by atoms with van der Waals surface area (Å²) in [7, 11) is 2.20. The fraction of sp³-hybridized carbons (Fsp3) is 0.545. The van der Waals surface area contributed by atoms with Crippen molar-refractivity contribution in [3.05, 3.63) is 28.5 Å². The largest absolute Gasteiger partial charge is 0.353 e. The van der Waals surface area contributed by atoms with Gasteiger partial charge in [0, 0.05) is 12.2 Å². The van der Waals surface area contributed by atoms with Crippen LogP contribution < -0.4 is 0 Å². The number of hydrogen-bond acceptors (Lipinski definition) is 2. The molecule has 1 aliphatic heterocycles. The zero-order valence-corrected chi connectivity index (χ0v) is 9.31. The first kappa shape index (κ1) is 9.87. The molecule has 2 heterocycles. The van der Waals surface area contributed by atoms with Gasteiger partial charge in [-0.25, -0.2) is 0 Å². The molecule has 2 nitrogen and oxygen atoms in total. The maximum absolute atomic E-state index is 5.03. The molecule has 0 aliphatic carbocycles. The van der Waals surface area contributed by atoms with Gasteiger partial charge < -0.3 is 4.98 Å². The van der Waals surface area contributed by atoms with Crippen molar-refractivity contribution in [2.45, 2.75) is 25.3 Å². The molecular weight excluding hydrogens is 192 g/mol. The van der Waals surface area contributed by atoms with Gasteiger partial charge in [-0.15, -0.1) is 0 Å². The Kier molecular flexibility index (Phi) is 2.99. The predicted molar refractivity (Wildman–Crippen MR) is 60.8 cm³/mol. The van der Waals surface area contributed by atoms with E-state index in [1.807, 2.05) is 6.07 Å². The standard InChI is InChI=1S/C11H16N2S/c1-13-7-3-2-4-10(13)9-5-6-11(14)12-8-9/h5-6,8,10H,2-4,7H2,1H3,(H,12,14)/t10-/m1/s1. The van der Waals surface area contributed by atoms with E-state index in [2.05, 4.69) is 29.2 Å². The number of H-pyrrole nitrogens is 1. The molecule has 1 aromatic rings. The molecule has 1 fully saturated rings. The molecule has 0 unspecified atom stereocenters. The number of piperidine rings is 1. The highest BCUT2D eigenvalue weighted by Crippen LogP contribution is 2.28. The Hall–Kier alpha value is -0.670. The molecule has 76 valence electrons. The van der Waals surface area contributed by atoms with Crippen LogP contribution in [0.25, 0.3) is 0 Å². The van der Waals surface area contributed by atoms with Crippen molar-refractivity contribution in [3.8, 4) is 0 Å². The smallest absolute Gasteiger partial charge is 0.103 e. The van der Waals surface area contributed by atoms with E-state index in [9.17, 15) is 0 Å². The van der Waals surface area contributed by atoms with Gasteiger partial charge >= 0.3 is 0 Å². The van der Waals surface area contributed by atoms with Crippen LogP contribution in [0.4, 0.5) is 0 Å². The molecule has 3 heteroatoms. The van der Waals surface area contributed by atoms with E-state index in [1.165, 1.54) is 31.4 Å². The molecule has 1 aromatic heterocycles. The Morgan fingerprint density at radius 3 is 2.93 bits per heavy atom. The molecule has 0 radical (unpaired) electrons. The third-order valence-corrected chi connectivity index (χ3v) is 3.22. The van der Waals surface area contributed by atoms with Crippen molar-refractivity contribution >= 4 is 12.2 Å². The fourth-order valence-electron chi connectivity index (χ4n) is 2.13. The first-order valence-electron chi connectivity index (χ1n) is 5.16. The molecule has 0 aromatic carbocycles. The predicted octanol–water partition coefficient (Wildman–Crippen LogP) is 2.90. The van der Waals surface area contributed by atoms with Crippen LogP contribution >= 0.6 is 12.2 Å². The summed E-state index contributed by atoms with van der Waals surface area (Å²) in [5, 5.41) is 0. The van der Waals surface area contributed by atoms with E-state index in [0.29, 0.717) is 6.04 Å². The van der Waals surface area contributed by atoms with Gasteiger partial charge in [0.05, 0.1) is 0 Å². The summed E-state index contributed by atoms with van der Waals surface area (Å²) < 4.78 is 0.812. The van der Waals surface area contributed by atoms with Crippen LogP contribution in [-0.2, 0) is 0 Å². The lowest BCUT2D eigenvalue weighted by molar-refractivity contribution is 0.187. The quantitative estimate of drug-likeness (QED) is 0.716. The minimum Gasteiger partial charge on any atom is -0.353 e. The third kappa shape index (κ3) is 2.04. The van der Waals surface area contributed by atoms with Gasteiger partial charge in [0.15, 0.2) is 0 Å². The zero-order chi connectivity index (χ0) is 9.97. The average molecular weight is 208 g/mol. The highest BCUT2D eigenvalue weighted by atomic mass is 32.1. The van der Waals surface area contributed by atoms with Crippen molar-refractivity contribution in [3.63, 3.8) is 0 Å². The highest BCUT2D eigenvalue weighted by Gasteiger charge is 2.19. The Balaban J connectivity index is 2.20. The summed E-state index contributed by atoms with van der Waals surface area (Å²) in [5.74, 6) is 0. The fourth-order valence-corrected chi connectivity index (χ4v) is 2.25. The minimum absolute atomic E-state index is 0.579. The number of nitrogens with one attached hydrogen (secondary N) is 1. The number of aromatic nitrogens is 1. The molecule has 0 spiro atoms. The van der Waals surface area contributed by atoms with E-state index in [4.69, 9.17) is 12.2 Å². The lowest BCUT2D eigenvalue weighted by atomic mass is 9.97. The second-order valence-corrected chi connectivity index (χ2v) is 4.42. The molecule has 2 rings (SSSR count). The van der Waals surface area contributed by atoms with E-state index >= 15 is 0 Å². The number of likely N-dealkylation sites (tertiary alicyclic amines) is 1. The minimum atomic E-state index is 0.579. The van der Waals surface area contributed by atoms with E-state index in [1.54, 1.807) is 0 Å². The topological polar surface area (TPSA) is 19.0 Å². The first-order valence-corrected chi connectivity index (χ1v) is 5.57. The molecule has 0 amide bonds. The second-order valence-electron chi connectivity index (χ2n) is 3.98. The molecule has 0 saturated carbocycles. The highest BCUT2D eigenvalue weighted by molar-refractivity contribution is 7.71. The average Bonchev–Trinajstić information content (AvgIpc) is 2.20. The Morgan fingerprint density at radius 2 is 2.29 bits per heavy atom. The van der Waals surface area contributed by atoms with Crippen molar-refractivity contribution in [2.75, 3.05) is 13.6 Å². The van der Waals surface area contributed by atoms with Crippen molar-refractivity contribution < 1.29 is 0 Å². The summed E-state index contributed by atoms with van der Waals surface area (Å²) >= 11 is 5.03. The lowest BCUT2D eigenvalue weighted by Gasteiger charge is -2.32. The second kappa shape index (κ2) is 4.24. The molecule has 1 saturated heterocycles. The summed E-state index contributed by atoms with van der Waals surface area (Å²) in [6, 6.07) is 4.70. The zero-order valence-electron chi connectivity index (χ0n) is 8.49. The van der Waals surface area contributed by atoms with Crippen LogP contribution in [0.1, 0.15) is 30.9 Å². The number of pyridine rings is 1. The molecular formula is C11H16N2S. The molecule has 1 N–H and O–H groups in total. The van der Waals surface area contributed by atoms with E-state index in [0.717, 1.165) is 4.64 Å². The number of rotatable bonds is 1. The van der Waals surface area contributed by atoms with Gasteiger partial charge in [0.1, 0.15) is 4.64 Å². The number of nitrogens with zero attached hydrogens (tertiary/aromatic N) is 1. The van der Waals surface area contributed by atoms with Crippen LogP contribution in [0, 0.1) is 4.64 Å². The van der Waals surface area contributed by atoms with Crippen LogP contribution in [-0.4, -0.2) is 23.5 Å².